The van der Waals surface area contributed by atoms with Gasteiger partial charge in [-0.05, 0) is 37.3 Å². The van der Waals surface area contributed by atoms with E-state index in [0.29, 0.717) is 12.0 Å². The van der Waals surface area contributed by atoms with Crippen molar-refractivity contribution in [1.29, 1.82) is 0 Å². The number of ether oxygens (including phenoxy) is 2. The SMILES string of the molecule is CCCCCCCCC(CCCCCc1cccc(C(F)(F)F)c1)C(O)(OC)OC. The lowest BCUT2D eigenvalue weighted by Crippen LogP contribution is -2.42. The first kappa shape index (κ1) is 26.9. The molecule has 1 aromatic carbocycles. The van der Waals surface area contributed by atoms with Crippen LogP contribution < -0.4 is 0 Å². The van der Waals surface area contributed by atoms with Gasteiger partial charge in [0.2, 0.25) is 0 Å². The van der Waals surface area contributed by atoms with Crippen molar-refractivity contribution in [3.63, 3.8) is 0 Å². The molecule has 0 spiro atoms. The lowest BCUT2D eigenvalue weighted by Gasteiger charge is -2.33. The van der Waals surface area contributed by atoms with Crippen molar-refractivity contribution in [3.8, 4) is 0 Å². The fourth-order valence-electron chi connectivity index (χ4n) is 3.90. The third kappa shape index (κ3) is 9.80. The lowest BCUT2D eigenvalue weighted by molar-refractivity contribution is -0.369. The fraction of sp³-hybridized carbons (Fsp3) is 0.750. The van der Waals surface area contributed by atoms with E-state index in [1.54, 1.807) is 6.07 Å². The van der Waals surface area contributed by atoms with Crippen LogP contribution in [-0.4, -0.2) is 25.3 Å². The van der Waals surface area contributed by atoms with E-state index in [0.717, 1.165) is 51.0 Å². The zero-order valence-electron chi connectivity index (χ0n) is 18.8. The van der Waals surface area contributed by atoms with Crippen molar-refractivity contribution in [3.05, 3.63) is 35.4 Å². The molecule has 1 unspecified atom stereocenters. The van der Waals surface area contributed by atoms with E-state index in [4.69, 9.17) is 9.47 Å². The standard InChI is InChI=1S/C24H39F3O3/c1-4-5-6-7-8-11-16-21(24(28,29-2)30-3)17-12-9-10-14-20-15-13-18-22(19-20)23(25,26)27/h13,15,18-19,21,28H,4-12,14,16-17H2,1-3H3. The second-order valence-corrected chi connectivity index (χ2v) is 8.09. The molecule has 174 valence electrons. The van der Waals surface area contributed by atoms with Crippen LogP contribution in [0.3, 0.4) is 0 Å². The average Bonchev–Trinajstić information content (AvgIpc) is 2.73. The third-order valence-electron chi connectivity index (χ3n) is 5.78. The molecule has 6 heteroatoms. The van der Waals surface area contributed by atoms with Gasteiger partial charge in [-0.3, -0.25) is 0 Å². The van der Waals surface area contributed by atoms with E-state index in [1.165, 1.54) is 52.0 Å². The smallest absolute Gasteiger partial charge is 0.343 e. The lowest BCUT2D eigenvalue weighted by atomic mass is 9.91. The molecule has 0 heterocycles. The predicted molar refractivity (Wildman–Crippen MR) is 114 cm³/mol. The van der Waals surface area contributed by atoms with E-state index in [-0.39, 0.29) is 5.92 Å². The summed E-state index contributed by atoms with van der Waals surface area (Å²) in [6.07, 6.45) is 7.55. The Morgan fingerprint density at radius 2 is 1.43 bits per heavy atom. The van der Waals surface area contributed by atoms with Gasteiger partial charge in [-0.1, -0.05) is 76.5 Å². The van der Waals surface area contributed by atoms with E-state index in [1.807, 2.05) is 0 Å². The summed E-state index contributed by atoms with van der Waals surface area (Å²) in [6.45, 7) is 2.19. The number of methoxy groups -OCH3 is 2. The molecule has 0 aromatic heterocycles. The highest BCUT2D eigenvalue weighted by Crippen LogP contribution is 2.31. The molecule has 0 amide bonds. The van der Waals surface area contributed by atoms with Gasteiger partial charge < -0.3 is 14.6 Å². The zero-order valence-corrected chi connectivity index (χ0v) is 18.8. The Labute approximate surface area is 180 Å². The molecule has 1 rings (SSSR count). The summed E-state index contributed by atoms with van der Waals surface area (Å²) in [6, 6.07) is 5.54. The van der Waals surface area contributed by atoms with Crippen LogP contribution in [0.25, 0.3) is 0 Å². The summed E-state index contributed by atoms with van der Waals surface area (Å²) in [7, 11) is 2.90. The van der Waals surface area contributed by atoms with Gasteiger partial charge >= 0.3 is 6.18 Å². The Bertz CT molecular complexity index is 571. The molecular formula is C24H39F3O3. The van der Waals surface area contributed by atoms with Crippen LogP contribution in [0.4, 0.5) is 13.2 Å². The van der Waals surface area contributed by atoms with E-state index >= 15 is 0 Å². The van der Waals surface area contributed by atoms with Crippen molar-refractivity contribution in [2.45, 2.75) is 96.1 Å². The van der Waals surface area contributed by atoms with Gasteiger partial charge in [0.25, 0.3) is 5.97 Å². The quantitative estimate of drug-likeness (QED) is 0.223. The summed E-state index contributed by atoms with van der Waals surface area (Å²) >= 11 is 0. The summed E-state index contributed by atoms with van der Waals surface area (Å²) < 4.78 is 48.9. The monoisotopic (exact) mass is 432 g/mol. The number of aliphatic hydroxyl groups is 1. The molecule has 0 saturated heterocycles. The second kappa shape index (κ2) is 14.0. The summed E-state index contributed by atoms with van der Waals surface area (Å²) in [4.78, 5) is 0. The number of rotatable bonds is 16. The minimum absolute atomic E-state index is 0.118. The first-order valence-electron chi connectivity index (χ1n) is 11.3. The average molecular weight is 433 g/mol. The Morgan fingerprint density at radius 1 is 0.867 bits per heavy atom. The number of unbranched alkanes of at least 4 members (excludes halogenated alkanes) is 7. The van der Waals surface area contributed by atoms with E-state index in [2.05, 4.69) is 6.92 Å². The molecule has 0 saturated carbocycles. The first-order chi connectivity index (χ1) is 14.3. The highest BCUT2D eigenvalue weighted by molar-refractivity contribution is 5.25. The van der Waals surface area contributed by atoms with Gasteiger partial charge in [0, 0.05) is 20.1 Å². The second-order valence-electron chi connectivity index (χ2n) is 8.09. The molecule has 0 radical (unpaired) electrons. The van der Waals surface area contributed by atoms with Crippen LogP contribution in [0.5, 0.6) is 0 Å². The van der Waals surface area contributed by atoms with Crippen molar-refractivity contribution < 1.29 is 27.8 Å². The van der Waals surface area contributed by atoms with Gasteiger partial charge in [0.05, 0.1) is 5.56 Å². The maximum Gasteiger partial charge on any atom is 0.416 e. The number of hydrogen-bond acceptors (Lipinski definition) is 3. The first-order valence-corrected chi connectivity index (χ1v) is 11.3. The number of halogens is 3. The Morgan fingerprint density at radius 3 is 2.00 bits per heavy atom. The van der Waals surface area contributed by atoms with Gasteiger partial charge in [0.1, 0.15) is 0 Å². The van der Waals surface area contributed by atoms with Gasteiger partial charge in [-0.25, -0.2) is 0 Å². The fourth-order valence-corrected chi connectivity index (χ4v) is 3.90. The van der Waals surface area contributed by atoms with Crippen LogP contribution >= 0.6 is 0 Å². The summed E-state index contributed by atoms with van der Waals surface area (Å²) in [5, 5.41) is 10.6. The van der Waals surface area contributed by atoms with Crippen molar-refractivity contribution in [2.75, 3.05) is 14.2 Å². The summed E-state index contributed by atoms with van der Waals surface area (Å²) in [5.41, 5.74) is 0.114. The van der Waals surface area contributed by atoms with Crippen LogP contribution in [0.1, 0.15) is 88.7 Å². The third-order valence-corrected chi connectivity index (χ3v) is 5.78. The maximum atomic E-state index is 12.8. The van der Waals surface area contributed by atoms with Crippen LogP contribution in [0, 0.1) is 5.92 Å². The number of hydrogen-bond donors (Lipinski definition) is 1. The topological polar surface area (TPSA) is 38.7 Å². The minimum Gasteiger partial charge on any atom is -0.343 e. The van der Waals surface area contributed by atoms with E-state index < -0.39 is 17.7 Å². The highest BCUT2D eigenvalue weighted by atomic mass is 19.4. The molecule has 0 bridgehead atoms. The Balaban J connectivity index is 2.43. The molecule has 1 N–H and O–H groups in total. The maximum absolute atomic E-state index is 12.8. The molecular weight excluding hydrogens is 393 g/mol. The van der Waals surface area contributed by atoms with Crippen molar-refractivity contribution in [1.82, 2.24) is 0 Å². The molecule has 0 aliphatic rings. The van der Waals surface area contributed by atoms with Crippen molar-refractivity contribution >= 4 is 0 Å². The zero-order chi connectivity index (χ0) is 22.5. The number of aryl methyl sites for hydroxylation is 1. The van der Waals surface area contributed by atoms with Gasteiger partial charge in [-0.15, -0.1) is 0 Å². The molecule has 1 atom stereocenters. The molecule has 1 aromatic rings. The predicted octanol–water partition coefficient (Wildman–Crippen LogP) is 7.11. The van der Waals surface area contributed by atoms with Crippen LogP contribution in [0.15, 0.2) is 24.3 Å². The molecule has 0 fully saturated rings. The molecule has 30 heavy (non-hydrogen) atoms. The highest BCUT2D eigenvalue weighted by Gasteiger charge is 2.36. The molecule has 0 aliphatic heterocycles. The normalized spacial score (nSPS) is 13.6. The molecule has 3 nitrogen and oxygen atoms in total. The van der Waals surface area contributed by atoms with E-state index in [9.17, 15) is 18.3 Å². The largest absolute Gasteiger partial charge is 0.416 e. The Kier molecular flexibility index (Phi) is 12.6. The summed E-state index contributed by atoms with van der Waals surface area (Å²) in [5.74, 6) is -1.70. The number of benzene rings is 1. The van der Waals surface area contributed by atoms with Gasteiger partial charge in [-0.2, -0.15) is 13.2 Å². The molecule has 0 aliphatic carbocycles. The van der Waals surface area contributed by atoms with Crippen LogP contribution in [-0.2, 0) is 22.1 Å². The van der Waals surface area contributed by atoms with Crippen LogP contribution in [0.2, 0.25) is 0 Å². The minimum atomic E-state index is -4.30. The van der Waals surface area contributed by atoms with Gasteiger partial charge in [0.15, 0.2) is 0 Å². The van der Waals surface area contributed by atoms with Crippen molar-refractivity contribution in [2.24, 2.45) is 5.92 Å². The number of alkyl halides is 3. The Hall–Kier alpha value is -1.11.